The highest BCUT2D eigenvalue weighted by atomic mass is 16.6. The summed E-state index contributed by atoms with van der Waals surface area (Å²) in [6, 6.07) is 4.77. The second kappa shape index (κ2) is 5.00. The fraction of sp³-hybridized carbons (Fsp3) is 0.308. The number of methoxy groups -OCH3 is 1. The average Bonchev–Trinajstić information content (AvgIpc) is 3.19. The van der Waals surface area contributed by atoms with Crippen molar-refractivity contribution in [2.75, 3.05) is 7.11 Å². The van der Waals surface area contributed by atoms with Gasteiger partial charge in [0.05, 0.1) is 12.0 Å². The normalized spacial score (nSPS) is 14.7. The molecular formula is C13H13NO4. The van der Waals surface area contributed by atoms with Crippen LogP contribution in [0.4, 0.5) is 5.69 Å². The maximum Gasteiger partial charge on any atom is 0.330 e. The van der Waals surface area contributed by atoms with E-state index < -0.39 is 10.9 Å². The Hall–Kier alpha value is -2.17. The first-order valence-corrected chi connectivity index (χ1v) is 5.66. The van der Waals surface area contributed by atoms with Crippen LogP contribution in [0.3, 0.4) is 0 Å². The monoisotopic (exact) mass is 247 g/mol. The van der Waals surface area contributed by atoms with Gasteiger partial charge in [-0.05, 0) is 36.0 Å². The summed E-state index contributed by atoms with van der Waals surface area (Å²) in [5.41, 5.74) is 1.81. The predicted octanol–water partition coefficient (Wildman–Crippen LogP) is 2.66. The number of benzene rings is 1. The summed E-state index contributed by atoms with van der Waals surface area (Å²) in [4.78, 5) is 21.4. The zero-order valence-electron chi connectivity index (χ0n) is 9.96. The molecule has 1 fully saturated rings. The Labute approximate surface area is 104 Å². The van der Waals surface area contributed by atoms with Crippen molar-refractivity contribution >= 4 is 17.7 Å². The van der Waals surface area contributed by atoms with E-state index in [1.165, 1.54) is 25.3 Å². The molecule has 0 aliphatic heterocycles. The number of nitro groups is 1. The lowest BCUT2D eigenvalue weighted by molar-refractivity contribution is -0.384. The SMILES string of the molecule is COC(=O)C=Cc1cc([N+](=O)[O-])ccc1C1CC1. The van der Waals surface area contributed by atoms with Crippen LogP contribution in [0.5, 0.6) is 0 Å². The summed E-state index contributed by atoms with van der Waals surface area (Å²) in [5.74, 6) is -0.00801. The molecule has 2 rings (SSSR count). The van der Waals surface area contributed by atoms with Crippen LogP contribution in [-0.4, -0.2) is 18.0 Å². The second-order valence-corrected chi connectivity index (χ2v) is 4.20. The van der Waals surface area contributed by atoms with E-state index in [4.69, 9.17) is 0 Å². The molecule has 0 aromatic heterocycles. The van der Waals surface area contributed by atoms with Crippen molar-refractivity contribution in [3.63, 3.8) is 0 Å². The molecule has 0 unspecified atom stereocenters. The molecule has 0 amide bonds. The van der Waals surface area contributed by atoms with E-state index >= 15 is 0 Å². The Morgan fingerprint density at radius 2 is 2.22 bits per heavy atom. The van der Waals surface area contributed by atoms with E-state index in [0.717, 1.165) is 24.0 Å². The summed E-state index contributed by atoms with van der Waals surface area (Å²) >= 11 is 0. The third-order valence-electron chi connectivity index (χ3n) is 2.90. The number of ether oxygens (including phenoxy) is 1. The van der Waals surface area contributed by atoms with Crippen LogP contribution >= 0.6 is 0 Å². The molecule has 0 heterocycles. The van der Waals surface area contributed by atoms with Crippen molar-refractivity contribution in [1.29, 1.82) is 0 Å². The van der Waals surface area contributed by atoms with Gasteiger partial charge in [0, 0.05) is 18.2 Å². The highest BCUT2D eigenvalue weighted by Gasteiger charge is 2.26. The molecular weight excluding hydrogens is 234 g/mol. The maximum atomic E-state index is 11.1. The number of esters is 1. The van der Waals surface area contributed by atoms with Gasteiger partial charge >= 0.3 is 5.97 Å². The largest absolute Gasteiger partial charge is 0.466 e. The average molecular weight is 247 g/mol. The number of hydrogen-bond donors (Lipinski definition) is 0. The van der Waals surface area contributed by atoms with Crippen molar-refractivity contribution in [2.45, 2.75) is 18.8 Å². The molecule has 94 valence electrons. The van der Waals surface area contributed by atoms with Crippen LogP contribution in [-0.2, 0) is 9.53 Å². The fourth-order valence-electron chi connectivity index (χ4n) is 1.81. The molecule has 0 radical (unpaired) electrons. The predicted molar refractivity (Wildman–Crippen MR) is 66.1 cm³/mol. The molecule has 1 aliphatic carbocycles. The first-order chi connectivity index (χ1) is 8.61. The van der Waals surface area contributed by atoms with Gasteiger partial charge in [-0.1, -0.05) is 6.07 Å². The second-order valence-electron chi connectivity index (χ2n) is 4.20. The topological polar surface area (TPSA) is 69.4 Å². The number of hydrogen-bond acceptors (Lipinski definition) is 4. The number of carbonyl (C=O) groups excluding carboxylic acids is 1. The summed E-state index contributed by atoms with van der Waals surface area (Å²) in [5, 5.41) is 10.7. The summed E-state index contributed by atoms with van der Waals surface area (Å²) < 4.78 is 4.51. The minimum absolute atomic E-state index is 0.0314. The van der Waals surface area contributed by atoms with Gasteiger partial charge in [-0.3, -0.25) is 10.1 Å². The Kier molecular flexibility index (Phi) is 3.41. The third kappa shape index (κ3) is 2.74. The highest BCUT2D eigenvalue weighted by molar-refractivity contribution is 5.87. The van der Waals surface area contributed by atoms with E-state index in [-0.39, 0.29) is 5.69 Å². The Bertz CT molecular complexity index is 518. The van der Waals surface area contributed by atoms with E-state index in [1.807, 2.05) is 0 Å². The van der Waals surface area contributed by atoms with Crippen LogP contribution in [0.25, 0.3) is 6.08 Å². The van der Waals surface area contributed by atoms with Gasteiger partial charge in [-0.2, -0.15) is 0 Å². The molecule has 0 atom stereocenters. The minimum atomic E-state index is -0.469. The lowest BCUT2D eigenvalue weighted by atomic mass is 10.0. The van der Waals surface area contributed by atoms with Gasteiger partial charge in [0.15, 0.2) is 0 Å². The zero-order valence-corrected chi connectivity index (χ0v) is 9.96. The molecule has 0 spiro atoms. The van der Waals surface area contributed by atoms with Crippen molar-refractivity contribution in [3.05, 3.63) is 45.5 Å². The fourth-order valence-corrected chi connectivity index (χ4v) is 1.81. The minimum Gasteiger partial charge on any atom is -0.466 e. The third-order valence-corrected chi connectivity index (χ3v) is 2.90. The Morgan fingerprint density at radius 3 is 2.78 bits per heavy atom. The van der Waals surface area contributed by atoms with Gasteiger partial charge in [0.1, 0.15) is 0 Å². The van der Waals surface area contributed by atoms with Crippen LogP contribution in [0, 0.1) is 10.1 Å². The molecule has 0 N–H and O–H groups in total. The maximum absolute atomic E-state index is 11.1. The van der Waals surface area contributed by atoms with Crippen LogP contribution in [0.15, 0.2) is 24.3 Å². The van der Waals surface area contributed by atoms with Crippen LogP contribution in [0.2, 0.25) is 0 Å². The van der Waals surface area contributed by atoms with Gasteiger partial charge in [0.2, 0.25) is 0 Å². The molecule has 18 heavy (non-hydrogen) atoms. The number of rotatable bonds is 4. The lowest BCUT2D eigenvalue weighted by Gasteiger charge is -2.04. The van der Waals surface area contributed by atoms with E-state index in [9.17, 15) is 14.9 Å². The summed E-state index contributed by atoms with van der Waals surface area (Å²) in [6.45, 7) is 0. The Balaban J connectivity index is 2.34. The Morgan fingerprint density at radius 1 is 1.50 bits per heavy atom. The summed E-state index contributed by atoms with van der Waals surface area (Å²) in [7, 11) is 1.29. The molecule has 5 heteroatoms. The number of non-ortho nitro benzene ring substituents is 1. The van der Waals surface area contributed by atoms with E-state index in [1.54, 1.807) is 12.1 Å². The van der Waals surface area contributed by atoms with Crippen molar-refractivity contribution < 1.29 is 14.5 Å². The zero-order chi connectivity index (χ0) is 13.1. The first-order valence-electron chi connectivity index (χ1n) is 5.66. The molecule has 0 saturated heterocycles. The number of nitro benzene ring substituents is 1. The number of carbonyl (C=O) groups is 1. The van der Waals surface area contributed by atoms with Crippen molar-refractivity contribution in [1.82, 2.24) is 0 Å². The molecule has 1 aromatic rings. The van der Waals surface area contributed by atoms with Gasteiger partial charge in [-0.25, -0.2) is 4.79 Å². The van der Waals surface area contributed by atoms with Gasteiger partial charge < -0.3 is 4.74 Å². The standard InChI is InChI=1S/C13H13NO4/c1-18-13(15)7-4-10-8-11(14(16)17)5-6-12(10)9-2-3-9/h4-9H,2-3H2,1H3. The molecule has 1 saturated carbocycles. The highest BCUT2D eigenvalue weighted by Crippen LogP contribution is 2.42. The molecule has 0 bridgehead atoms. The quantitative estimate of drug-likeness (QED) is 0.355. The van der Waals surface area contributed by atoms with Gasteiger partial charge in [-0.15, -0.1) is 0 Å². The summed E-state index contributed by atoms with van der Waals surface area (Å²) in [6.07, 6.45) is 5.05. The number of nitrogens with zero attached hydrogens (tertiary/aromatic N) is 1. The molecule has 5 nitrogen and oxygen atoms in total. The van der Waals surface area contributed by atoms with Crippen molar-refractivity contribution in [2.24, 2.45) is 0 Å². The van der Waals surface area contributed by atoms with Crippen molar-refractivity contribution in [3.8, 4) is 0 Å². The van der Waals surface area contributed by atoms with Gasteiger partial charge in [0.25, 0.3) is 5.69 Å². The smallest absolute Gasteiger partial charge is 0.330 e. The van der Waals surface area contributed by atoms with Crippen LogP contribution in [0.1, 0.15) is 29.9 Å². The first kappa shape index (κ1) is 12.3. The van der Waals surface area contributed by atoms with E-state index in [2.05, 4.69) is 4.74 Å². The molecule has 1 aliphatic rings. The molecule has 1 aromatic carbocycles. The van der Waals surface area contributed by atoms with E-state index in [0.29, 0.717) is 5.92 Å². The van der Waals surface area contributed by atoms with Crippen LogP contribution < -0.4 is 0 Å². The lowest BCUT2D eigenvalue weighted by Crippen LogP contribution is -1.95.